The minimum atomic E-state index is -1.29. The fraction of sp³-hybridized carbons (Fsp3) is 0.308. The van der Waals surface area contributed by atoms with E-state index in [-0.39, 0.29) is 24.2 Å². The van der Waals surface area contributed by atoms with Gasteiger partial charge in [0.2, 0.25) is 0 Å². The summed E-state index contributed by atoms with van der Waals surface area (Å²) >= 11 is 3.23. The number of methoxy groups -OCH3 is 1. The van der Waals surface area contributed by atoms with E-state index in [1.54, 1.807) is 12.1 Å². The summed E-state index contributed by atoms with van der Waals surface area (Å²) in [5.41, 5.74) is 0.169. The van der Waals surface area contributed by atoms with E-state index in [0.29, 0.717) is 4.47 Å². The Bertz CT molecular complexity index is 560. The summed E-state index contributed by atoms with van der Waals surface area (Å²) in [4.78, 5) is 33.6. The Morgan fingerprint density at radius 2 is 2.00 bits per heavy atom. The predicted octanol–water partition coefficient (Wildman–Crippen LogP) is 1.51. The first-order chi connectivity index (χ1) is 9.85. The molecular formula is C13H14BrNO6. The van der Waals surface area contributed by atoms with Gasteiger partial charge in [0.15, 0.2) is 0 Å². The Morgan fingerprint density at radius 3 is 2.52 bits per heavy atom. The molecule has 8 heteroatoms. The van der Waals surface area contributed by atoms with Gasteiger partial charge in [0, 0.05) is 10.9 Å². The minimum Gasteiger partial charge on any atom is -0.496 e. The zero-order valence-electron chi connectivity index (χ0n) is 11.1. The van der Waals surface area contributed by atoms with Gasteiger partial charge < -0.3 is 20.3 Å². The Kier molecular flexibility index (Phi) is 6.16. The molecular weight excluding hydrogens is 346 g/mol. The number of benzene rings is 1. The number of rotatable bonds is 7. The quantitative estimate of drug-likeness (QED) is 0.679. The largest absolute Gasteiger partial charge is 0.496 e. The van der Waals surface area contributed by atoms with Crippen LogP contribution in [0.5, 0.6) is 5.75 Å². The van der Waals surface area contributed by atoms with Crippen molar-refractivity contribution in [2.45, 2.75) is 18.9 Å². The highest BCUT2D eigenvalue weighted by molar-refractivity contribution is 9.10. The summed E-state index contributed by atoms with van der Waals surface area (Å²) in [7, 11) is 1.39. The standard InChI is InChI=1S/C13H14BrNO6/c1-21-10-6-7(14)2-3-8(10)12(18)15-9(13(19)20)4-5-11(16)17/h2-3,6,9H,4-5H2,1H3,(H,15,18)(H,16,17)(H,19,20)/t9-/m0/s1. The normalized spacial score (nSPS) is 11.5. The zero-order valence-corrected chi connectivity index (χ0v) is 12.7. The van der Waals surface area contributed by atoms with Crippen molar-refractivity contribution in [1.82, 2.24) is 5.32 Å². The van der Waals surface area contributed by atoms with E-state index in [1.807, 2.05) is 0 Å². The van der Waals surface area contributed by atoms with Crippen LogP contribution in [0, 0.1) is 0 Å². The maximum absolute atomic E-state index is 12.1. The van der Waals surface area contributed by atoms with Gasteiger partial charge in [-0.15, -0.1) is 0 Å². The van der Waals surface area contributed by atoms with E-state index in [0.717, 1.165) is 0 Å². The smallest absolute Gasteiger partial charge is 0.326 e. The van der Waals surface area contributed by atoms with Gasteiger partial charge in [-0.1, -0.05) is 15.9 Å². The van der Waals surface area contributed by atoms with E-state index < -0.39 is 23.9 Å². The number of halogens is 1. The van der Waals surface area contributed by atoms with E-state index in [1.165, 1.54) is 13.2 Å². The van der Waals surface area contributed by atoms with Gasteiger partial charge in [0.1, 0.15) is 11.8 Å². The topological polar surface area (TPSA) is 113 Å². The van der Waals surface area contributed by atoms with E-state index >= 15 is 0 Å². The Labute approximate surface area is 129 Å². The molecule has 0 fully saturated rings. The third kappa shape index (κ3) is 5.07. The number of ether oxygens (including phenoxy) is 1. The molecule has 21 heavy (non-hydrogen) atoms. The Hall–Kier alpha value is -2.09. The van der Waals surface area contributed by atoms with Crippen LogP contribution in [0.3, 0.4) is 0 Å². The molecule has 7 nitrogen and oxygen atoms in total. The van der Waals surface area contributed by atoms with Crippen molar-refractivity contribution in [2.24, 2.45) is 0 Å². The first-order valence-electron chi connectivity index (χ1n) is 5.94. The monoisotopic (exact) mass is 359 g/mol. The molecule has 0 aliphatic carbocycles. The van der Waals surface area contributed by atoms with Gasteiger partial charge in [-0.25, -0.2) is 4.79 Å². The lowest BCUT2D eigenvalue weighted by Gasteiger charge is -2.15. The first kappa shape index (κ1) is 17.0. The zero-order chi connectivity index (χ0) is 16.0. The molecule has 1 rings (SSSR count). The van der Waals surface area contributed by atoms with Gasteiger partial charge in [0.05, 0.1) is 12.7 Å². The van der Waals surface area contributed by atoms with Crippen molar-refractivity contribution < 1.29 is 29.3 Å². The fourth-order valence-electron chi connectivity index (χ4n) is 1.61. The molecule has 0 saturated heterocycles. The SMILES string of the molecule is COc1cc(Br)ccc1C(=O)N[C@@H](CCC(=O)O)C(=O)O. The molecule has 0 bridgehead atoms. The molecule has 0 aliphatic heterocycles. The van der Waals surface area contributed by atoms with Gasteiger partial charge in [0.25, 0.3) is 5.91 Å². The number of hydrogen-bond acceptors (Lipinski definition) is 4. The molecule has 0 saturated carbocycles. The van der Waals surface area contributed by atoms with Crippen molar-refractivity contribution in [3.8, 4) is 5.75 Å². The summed E-state index contributed by atoms with van der Waals surface area (Å²) in [5, 5.41) is 19.9. The van der Waals surface area contributed by atoms with E-state index in [9.17, 15) is 14.4 Å². The summed E-state index contributed by atoms with van der Waals surface area (Å²) < 4.78 is 5.76. The van der Waals surface area contributed by atoms with Crippen LogP contribution in [0.1, 0.15) is 23.2 Å². The number of carbonyl (C=O) groups excluding carboxylic acids is 1. The molecule has 0 unspecified atom stereocenters. The second-order valence-electron chi connectivity index (χ2n) is 4.14. The van der Waals surface area contributed by atoms with E-state index in [4.69, 9.17) is 14.9 Å². The molecule has 1 aromatic rings. The predicted molar refractivity (Wildman–Crippen MR) is 76.5 cm³/mol. The summed E-state index contributed by atoms with van der Waals surface area (Å²) in [5.74, 6) is -2.78. The number of nitrogens with one attached hydrogen (secondary N) is 1. The molecule has 0 aliphatic rings. The van der Waals surface area contributed by atoms with Crippen LogP contribution in [0.4, 0.5) is 0 Å². The van der Waals surface area contributed by atoms with Crippen molar-refractivity contribution in [3.05, 3.63) is 28.2 Å². The Balaban J connectivity index is 2.86. The van der Waals surface area contributed by atoms with Crippen LogP contribution in [-0.4, -0.2) is 41.2 Å². The molecule has 0 heterocycles. The van der Waals surface area contributed by atoms with Gasteiger partial charge in [-0.2, -0.15) is 0 Å². The fourth-order valence-corrected chi connectivity index (χ4v) is 1.95. The average molecular weight is 360 g/mol. The van der Waals surface area contributed by atoms with Gasteiger partial charge >= 0.3 is 11.9 Å². The third-order valence-electron chi connectivity index (χ3n) is 2.66. The highest BCUT2D eigenvalue weighted by Gasteiger charge is 2.23. The van der Waals surface area contributed by atoms with Crippen LogP contribution in [0.15, 0.2) is 22.7 Å². The molecule has 1 atom stereocenters. The summed E-state index contributed by atoms with van der Waals surface area (Å²) in [6, 6.07) is 3.39. The summed E-state index contributed by atoms with van der Waals surface area (Å²) in [6.07, 6.45) is -0.552. The lowest BCUT2D eigenvalue weighted by atomic mass is 10.1. The lowest BCUT2D eigenvalue weighted by Crippen LogP contribution is -2.41. The molecule has 1 aromatic carbocycles. The highest BCUT2D eigenvalue weighted by Crippen LogP contribution is 2.23. The van der Waals surface area contributed by atoms with Crippen LogP contribution in [-0.2, 0) is 9.59 Å². The third-order valence-corrected chi connectivity index (χ3v) is 3.15. The second kappa shape index (κ2) is 7.63. The molecule has 3 N–H and O–H groups in total. The van der Waals surface area contributed by atoms with Crippen LogP contribution in [0.2, 0.25) is 0 Å². The number of carbonyl (C=O) groups is 3. The number of carboxylic acid groups (broad SMARTS) is 2. The number of hydrogen-bond donors (Lipinski definition) is 3. The molecule has 1 amide bonds. The average Bonchev–Trinajstić information content (AvgIpc) is 2.42. The van der Waals surface area contributed by atoms with Gasteiger partial charge in [-0.3, -0.25) is 9.59 Å². The van der Waals surface area contributed by atoms with Crippen LogP contribution in [0.25, 0.3) is 0 Å². The van der Waals surface area contributed by atoms with E-state index in [2.05, 4.69) is 21.2 Å². The molecule has 0 radical (unpaired) electrons. The molecule has 0 aromatic heterocycles. The lowest BCUT2D eigenvalue weighted by molar-refractivity contribution is -0.140. The van der Waals surface area contributed by atoms with Crippen molar-refractivity contribution in [1.29, 1.82) is 0 Å². The van der Waals surface area contributed by atoms with Crippen LogP contribution >= 0.6 is 15.9 Å². The Morgan fingerprint density at radius 1 is 1.33 bits per heavy atom. The van der Waals surface area contributed by atoms with Gasteiger partial charge in [-0.05, 0) is 24.6 Å². The summed E-state index contributed by atoms with van der Waals surface area (Å²) in [6.45, 7) is 0. The van der Waals surface area contributed by atoms with Crippen LogP contribution < -0.4 is 10.1 Å². The second-order valence-corrected chi connectivity index (χ2v) is 5.06. The number of amides is 1. The number of aliphatic carboxylic acids is 2. The highest BCUT2D eigenvalue weighted by atomic mass is 79.9. The maximum atomic E-state index is 12.1. The molecule has 0 spiro atoms. The molecule has 114 valence electrons. The number of carboxylic acids is 2. The van der Waals surface area contributed by atoms with Crippen molar-refractivity contribution >= 4 is 33.8 Å². The van der Waals surface area contributed by atoms with Crippen molar-refractivity contribution in [2.75, 3.05) is 7.11 Å². The minimum absolute atomic E-state index is 0.169. The van der Waals surface area contributed by atoms with Crippen molar-refractivity contribution in [3.63, 3.8) is 0 Å². The first-order valence-corrected chi connectivity index (χ1v) is 6.73. The maximum Gasteiger partial charge on any atom is 0.326 e.